The fourth-order valence-corrected chi connectivity index (χ4v) is 1.12. The fraction of sp³-hybridized carbons (Fsp3) is 0.125. The van der Waals surface area contributed by atoms with E-state index < -0.39 is 0 Å². The van der Waals surface area contributed by atoms with Gasteiger partial charge in [0.15, 0.2) is 0 Å². The third-order valence-corrected chi connectivity index (χ3v) is 1.63. The predicted octanol–water partition coefficient (Wildman–Crippen LogP) is -0.169. The van der Waals surface area contributed by atoms with Gasteiger partial charge in [0.25, 0.3) is 0 Å². The molecule has 0 atom stereocenters. The summed E-state index contributed by atoms with van der Waals surface area (Å²) < 4.78 is 0. The molecular formula is C8H8BNO. The van der Waals surface area contributed by atoms with E-state index in [2.05, 4.69) is 6.07 Å². The summed E-state index contributed by atoms with van der Waals surface area (Å²) in [6.45, 7) is 1.81. The van der Waals surface area contributed by atoms with E-state index in [-0.39, 0.29) is 5.75 Å². The van der Waals surface area contributed by atoms with Crippen molar-refractivity contribution < 1.29 is 5.11 Å². The molecule has 0 amide bonds. The molecule has 0 bridgehead atoms. The van der Waals surface area contributed by atoms with Crippen LogP contribution in [-0.2, 0) is 0 Å². The minimum atomic E-state index is 0.221. The van der Waals surface area contributed by atoms with Crippen LogP contribution < -0.4 is 5.46 Å². The Morgan fingerprint density at radius 3 is 2.64 bits per heavy atom. The highest BCUT2D eigenvalue weighted by Crippen LogP contribution is 2.11. The lowest BCUT2D eigenvalue weighted by Gasteiger charge is -2.01. The van der Waals surface area contributed by atoms with E-state index in [1.54, 1.807) is 12.1 Å². The van der Waals surface area contributed by atoms with Crippen molar-refractivity contribution in [2.45, 2.75) is 6.92 Å². The van der Waals surface area contributed by atoms with E-state index in [0.717, 1.165) is 11.0 Å². The van der Waals surface area contributed by atoms with Gasteiger partial charge in [0, 0.05) is 5.56 Å². The molecule has 0 aliphatic carbocycles. The summed E-state index contributed by atoms with van der Waals surface area (Å²) in [5.74, 6) is 0.221. The van der Waals surface area contributed by atoms with Gasteiger partial charge in [-0.1, -0.05) is 5.46 Å². The molecule has 0 saturated carbocycles. The van der Waals surface area contributed by atoms with Gasteiger partial charge in [0.05, 0.1) is 6.07 Å². The Bertz CT molecular complexity index is 304. The van der Waals surface area contributed by atoms with Crippen LogP contribution in [0.1, 0.15) is 11.1 Å². The molecule has 11 heavy (non-hydrogen) atoms. The summed E-state index contributed by atoms with van der Waals surface area (Å²) in [5.41, 5.74) is 2.30. The predicted molar refractivity (Wildman–Crippen MR) is 45.7 cm³/mol. The topological polar surface area (TPSA) is 44.0 Å². The maximum absolute atomic E-state index is 9.10. The smallest absolute Gasteiger partial charge is 0.141 e. The number of hydrogen-bond donors (Lipinski definition) is 1. The van der Waals surface area contributed by atoms with Crippen LogP contribution in [0.15, 0.2) is 12.1 Å². The molecule has 0 aliphatic heterocycles. The van der Waals surface area contributed by atoms with E-state index in [0.29, 0.717) is 5.56 Å². The summed E-state index contributed by atoms with van der Waals surface area (Å²) in [5, 5.41) is 17.8. The average Bonchev–Trinajstić information content (AvgIpc) is 1.85. The SMILES string of the molecule is Bc1cc(O)cc(C)c1C#N. The second-order valence-corrected chi connectivity index (χ2v) is 2.57. The van der Waals surface area contributed by atoms with Crippen LogP contribution in [0.5, 0.6) is 5.75 Å². The molecule has 2 nitrogen and oxygen atoms in total. The Morgan fingerprint density at radius 1 is 1.55 bits per heavy atom. The molecule has 3 heteroatoms. The van der Waals surface area contributed by atoms with Gasteiger partial charge in [-0.05, 0) is 24.6 Å². The van der Waals surface area contributed by atoms with Gasteiger partial charge in [-0.2, -0.15) is 5.26 Å². The standard InChI is InChI=1S/C8H8BNO/c1-5-2-6(11)3-8(9)7(5)4-10/h2-3,11H,9H2,1H3. The first-order valence-electron chi connectivity index (χ1n) is 3.35. The summed E-state index contributed by atoms with van der Waals surface area (Å²) in [4.78, 5) is 0. The maximum Gasteiger partial charge on any atom is 0.141 e. The van der Waals surface area contributed by atoms with Crippen LogP contribution >= 0.6 is 0 Å². The first-order chi connectivity index (χ1) is 5.15. The highest BCUT2D eigenvalue weighted by Gasteiger charge is 2.01. The first kappa shape index (κ1) is 7.68. The first-order valence-corrected chi connectivity index (χ1v) is 3.35. The number of rotatable bonds is 0. The second kappa shape index (κ2) is 2.67. The monoisotopic (exact) mass is 145 g/mol. The van der Waals surface area contributed by atoms with Crippen molar-refractivity contribution in [1.29, 1.82) is 5.26 Å². The maximum atomic E-state index is 9.10. The van der Waals surface area contributed by atoms with Gasteiger partial charge in [-0.3, -0.25) is 0 Å². The highest BCUT2D eigenvalue weighted by atomic mass is 16.3. The van der Waals surface area contributed by atoms with Crippen molar-refractivity contribution in [2.75, 3.05) is 0 Å². The van der Waals surface area contributed by atoms with Crippen LogP contribution in [0, 0.1) is 18.3 Å². The van der Waals surface area contributed by atoms with Gasteiger partial charge < -0.3 is 5.11 Å². The fourth-order valence-electron chi connectivity index (χ4n) is 1.12. The van der Waals surface area contributed by atoms with E-state index >= 15 is 0 Å². The molecule has 0 aromatic heterocycles. The number of nitrogens with zero attached hydrogens (tertiary/aromatic N) is 1. The third-order valence-electron chi connectivity index (χ3n) is 1.63. The number of aryl methyl sites for hydroxylation is 1. The summed E-state index contributed by atoms with van der Waals surface area (Å²) >= 11 is 0. The summed E-state index contributed by atoms with van der Waals surface area (Å²) in [6, 6.07) is 5.26. The molecule has 0 fully saturated rings. The summed E-state index contributed by atoms with van der Waals surface area (Å²) in [6.07, 6.45) is 0. The van der Waals surface area contributed by atoms with Crippen LogP contribution in [0.4, 0.5) is 0 Å². The van der Waals surface area contributed by atoms with Crippen LogP contribution in [0.25, 0.3) is 0 Å². The molecular weight excluding hydrogens is 137 g/mol. The van der Waals surface area contributed by atoms with Gasteiger partial charge >= 0.3 is 0 Å². The molecule has 1 aromatic carbocycles. The van der Waals surface area contributed by atoms with Gasteiger partial charge in [0.1, 0.15) is 13.6 Å². The van der Waals surface area contributed by atoms with E-state index in [4.69, 9.17) is 10.4 Å². The highest BCUT2D eigenvalue weighted by molar-refractivity contribution is 6.34. The Hall–Kier alpha value is -1.43. The Balaban J connectivity index is 3.40. The van der Waals surface area contributed by atoms with Crippen molar-refractivity contribution >= 4 is 13.3 Å². The van der Waals surface area contributed by atoms with Crippen molar-refractivity contribution in [3.63, 3.8) is 0 Å². The van der Waals surface area contributed by atoms with E-state index in [1.165, 1.54) is 0 Å². The Kier molecular flexibility index (Phi) is 1.86. The number of hydrogen-bond acceptors (Lipinski definition) is 2. The molecule has 54 valence electrons. The van der Waals surface area contributed by atoms with Crippen molar-refractivity contribution in [3.05, 3.63) is 23.3 Å². The van der Waals surface area contributed by atoms with Crippen molar-refractivity contribution in [3.8, 4) is 11.8 Å². The second-order valence-electron chi connectivity index (χ2n) is 2.57. The van der Waals surface area contributed by atoms with Crippen LogP contribution in [-0.4, -0.2) is 13.0 Å². The minimum absolute atomic E-state index is 0.221. The lowest BCUT2D eigenvalue weighted by Crippen LogP contribution is -2.08. The minimum Gasteiger partial charge on any atom is -0.508 e. The number of benzene rings is 1. The van der Waals surface area contributed by atoms with Gasteiger partial charge in [-0.25, -0.2) is 0 Å². The molecule has 0 aliphatic rings. The molecule has 0 heterocycles. The molecule has 1 N–H and O–H groups in total. The van der Waals surface area contributed by atoms with Crippen LogP contribution in [0.2, 0.25) is 0 Å². The Morgan fingerprint density at radius 2 is 2.18 bits per heavy atom. The molecule has 0 radical (unpaired) electrons. The van der Waals surface area contributed by atoms with Crippen LogP contribution in [0.3, 0.4) is 0 Å². The molecule has 0 spiro atoms. The molecule has 0 saturated heterocycles. The Labute approximate surface area is 66.5 Å². The summed E-state index contributed by atoms with van der Waals surface area (Å²) in [7, 11) is 1.81. The molecule has 1 aromatic rings. The number of nitriles is 1. The van der Waals surface area contributed by atoms with Gasteiger partial charge in [0.2, 0.25) is 0 Å². The lowest BCUT2D eigenvalue weighted by atomic mass is 9.88. The molecule has 0 unspecified atom stereocenters. The average molecular weight is 145 g/mol. The third kappa shape index (κ3) is 1.35. The largest absolute Gasteiger partial charge is 0.508 e. The van der Waals surface area contributed by atoms with E-state index in [1.807, 2.05) is 14.8 Å². The number of phenols is 1. The number of phenolic OH excluding ortho intramolecular Hbond substituents is 1. The lowest BCUT2D eigenvalue weighted by molar-refractivity contribution is 0.475. The zero-order chi connectivity index (χ0) is 8.43. The zero-order valence-electron chi connectivity index (χ0n) is 6.55. The zero-order valence-corrected chi connectivity index (χ0v) is 6.55. The van der Waals surface area contributed by atoms with Crippen molar-refractivity contribution in [2.24, 2.45) is 0 Å². The van der Waals surface area contributed by atoms with Crippen molar-refractivity contribution in [1.82, 2.24) is 0 Å². The molecule has 1 rings (SSSR count). The van der Waals surface area contributed by atoms with Gasteiger partial charge in [-0.15, -0.1) is 0 Å². The number of aromatic hydroxyl groups is 1. The van der Waals surface area contributed by atoms with E-state index in [9.17, 15) is 0 Å². The quantitative estimate of drug-likeness (QED) is 0.515. The normalized spacial score (nSPS) is 9.09.